The minimum absolute atomic E-state index is 0.0115. The Bertz CT molecular complexity index is 779. The molecular formula is C15H19Cl2N3O5S. The van der Waals surface area contributed by atoms with Gasteiger partial charge in [0.15, 0.2) is 0 Å². The van der Waals surface area contributed by atoms with Gasteiger partial charge in [-0.3, -0.25) is 4.79 Å². The topological polar surface area (TPSA) is 96.0 Å². The van der Waals surface area contributed by atoms with Crippen molar-refractivity contribution < 1.29 is 22.7 Å². The minimum atomic E-state index is -3.98. The first kappa shape index (κ1) is 20.8. The number of nitrogens with one attached hydrogen (secondary N) is 1. The van der Waals surface area contributed by atoms with Crippen molar-refractivity contribution in [3.8, 4) is 0 Å². The zero-order valence-electron chi connectivity index (χ0n) is 14.1. The Labute approximate surface area is 162 Å². The van der Waals surface area contributed by atoms with Gasteiger partial charge in [0, 0.05) is 31.2 Å². The van der Waals surface area contributed by atoms with E-state index in [1.54, 1.807) is 6.92 Å². The molecule has 1 heterocycles. The van der Waals surface area contributed by atoms with Crippen molar-refractivity contribution in [2.75, 3.05) is 39.3 Å². The highest BCUT2D eigenvalue weighted by molar-refractivity contribution is 7.89. The van der Waals surface area contributed by atoms with Crippen molar-refractivity contribution >= 4 is 45.2 Å². The number of nitrogens with zero attached hydrogens (tertiary/aromatic N) is 2. The highest BCUT2D eigenvalue weighted by atomic mass is 35.5. The number of amides is 2. The molecule has 0 aromatic heterocycles. The van der Waals surface area contributed by atoms with Gasteiger partial charge < -0.3 is 14.5 Å². The summed E-state index contributed by atoms with van der Waals surface area (Å²) in [6.45, 7) is 2.86. The molecule has 0 unspecified atom stereocenters. The molecule has 0 radical (unpaired) electrons. The fourth-order valence-corrected chi connectivity index (χ4v) is 4.12. The minimum Gasteiger partial charge on any atom is -0.450 e. The van der Waals surface area contributed by atoms with E-state index in [-0.39, 0.29) is 21.5 Å². The second-order valence-corrected chi connectivity index (χ2v) is 8.05. The van der Waals surface area contributed by atoms with Crippen LogP contribution in [-0.4, -0.2) is 69.5 Å². The summed E-state index contributed by atoms with van der Waals surface area (Å²) in [4.78, 5) is 26.7. The first-order valence-electron chi connectivity index (χ1n) is 7.88. The van der Waals surface area contributed by atoms with E-state index in [2.05, 4.69) is 4.72 Å². The number of halogens is 2. The van der Waals surface area contributed by atoms with E-state index < -0.39 is 28.6 Å². The molecule has 2 amide bonds. The largest absolute Gasteiger partial charge is 0.450 e. The van der Waals surface area contributed by atoms with E-state index in [1.807, 2.05) is 0 Å². The van der Waals surface area contributed by atoms with Crippen molar-refractivity contribution in [1.82, 2.24) is 14.5 Å². The molecule has 0 aliphatic carbocycles. The molecule has 26 heavy (non-hydrogen) atoms. The molecule has 0 saturated carbocycles. The van der Waals surface area contributed by atoms with Crippen molar-refractivity contribution in [3.05, 3.63) is 28.2 Å². The van der Waals surface area contributed by atoms with Gasteiger partial charge in [-0.1, -0.05) is 23.2 Å². The molecule has 0 bridgehead atoms. The molecule has 1 saturated heterocycles. The summed E-state index contributed by atoms with van der Waals surface area (Å²) in [6.07, 6.45) is -0.420. The number of sulfonamides is 1. The molecule has 11 heteroatoms. The van der Waals surface area contributed by atoms with Crippen molar-refractivity contribution in [3.63, 3.8) is 0 Å². The smallest absolute Gasteiger partial charge is 0.409 e. The predicted molar refractivity (Wildman–Crippen MR) is 96.8 cm³/mol. The maximum Gasteiger partial charge on any atom is 0.409 e. The van der Waals surface area contributed by atoms with E-state index in [9.17, 15) is 18.0 Å². The van der Waals surface area contributed by atoms with Crippen LogP contribution in [0.1, 0.15) is 6.92 Å². The Hall–Kier alpha value is -1.55. The lowest BCUT2D eigenvalue weighted by Gasteiger charge is -2.34. The van der Waals surface area contributed by atoms with Crippen molar-refractivity contribution in [2.24, 2.45) is 0 Å². The molecular weight excluding hydrogens is 405 g/mol. The fourth-order valence-electron chi connectivity index (χ4n) is 2.38. The molecule has 1 aromatic rings. The maximum absolute atomic E-state index is 12.3. The van der Waals surface area contributed by atoms with E-state index >= 15 is 0 Å². The predicted octanol–water partition coefficient (Wildman–Crippen LogP) is 1.57. The Kier molecular flexibility index (Phi) is 7.10. The van der Waals surface area contributed by atoms with Gasteiger partial charge >= 0.3 is 6.09 Å². The van der Waals surface area contributed by atoms with E-state index in [0.717, 1.165) is 0 Å². The molecule has 1 aromatic carbocycles. The van der Waals surface area contributed by atoms with Gasteiger partial charge in [0.2, 0.25) is 15.9 Å². The summed E-state index contributed by atoms with van der Waals surface area (Å²) < 4.78 is 31.8. The number of piperazine rings is 1. The average molecular weight is 424 g/mol. The van der Waals surface area contributed by atoms with Gasteiger partial charge in [-0.25, -0.2) is 17.9 Å². The van der Waals surface area contributed by atoms with E-state index in [0.29, 0.717) is 26.2 Å². The van der Waals surface area contributed by atoms with E-state index in [1.165, 1.54) is 28.0 Å². The first-order valence-corrected chi connectivity index (χ1v) is 10.1. The highest BCUT2D eigenvalue weighted by Gasteiger charge is 2.26. The third-order valence-corrected chi connectivity index (χ3v) is 5.87. The number of carbonyl (C=O) groups excluding carboxylic acids is 2. The van der Waals surface area contributed by atoms with Crippen LogP contribution in [0.2, 0.25) is 10.0 Å². The Morgan fingerprint density at radius 1 is 1.15 bits per heavy atom. The second kappa shape index (κ2) is 8.90. The fraction of sp³-hybridized carbons (Fsp3) is 0.467. The molecule has 2 rings (SSSR count). The first-order chi connectivity index (χ1) is 12.2. The van der Waals surface area contributed by atoms with Crippen LogP contribution in [0.3, 0.4) is 0 Å². The molecule has 0 spiro atoms. The summed E-state index contributed by atoms with van der Waals surface area (Å²) in [6, 6.07) is 4.06. The van der Waals surface area contributed by atoms with Crippen LogP contribution in [0.4, 0.5) is 4.79 Å². The molecule has 1 fully saturated rings. The summed E-state index contributed by atoms with van der Waals surface area (Å²) >= 11 is 11.7. The molecule has 144 valence electrons. The molecule has 1 N–H and O–H groups in total. The lowest BCUT2D eigenvalue weighted by molar-refractivity contribution is -0.131. The van der Waals surface area contributed by atoms with Crippen LogP contribution < -0.4 is 4.72 Å². The van der Waals surface area contributed by atoms with Gasteiger partial charge in [-0.15, -0.1) is 0 Å². The third kappa shape index (κ3) is 5.23. The Morgan fingerprint density at radius 3 is 2.38 bits per heavy atom. The number of hydrogen-bond donors (Lipinski definition) is 1. The molecule has 1 aliphatic rings. The monoisotopic (exact) mass is 423 g/mol. The van der Waals surface area contributed by atoms with Crippen LogP contribution in [0.15, 0.2) is 23.1 Å². The lowest BCUT2D eigenvalue weighted by atomic mass is 10.3. The Morgan fingerprint density at radius 2 is 1.77 bits per heavy atom. The van der Waals surface area contributed by atoms with E-state index in [4.69, 9.17) is 27.9 Å². The van der Waals surface area contributed by atoms with Gasteiger partial charge in [-0.05, 0) is 25.1 Å². The number of carbonyl (C=O) groups is 2. The van der Waals surface area contributed by atoms with Crippen LogP contribution in [0.5, 0.6) is 0 Å². The maximum atomic E-state index is 12.3. The number of hydrogen-bond acceptors (Lipinski definition) is 5. The van der Waals surface area contributed by atoms with Gasteiger partial charge in [-0.2, -0.15) is 0 Å². The summed E-state index contributed by atoms with van der Waals surface area (Å²) in [5.41, 5.74) is 0. The number of rotatable bonds is 5. The number of ether oxygens (including phenoxy) is 1. The molecule has 8 nitrogen and oxygen atoms in total. The summed E-state index contributed by atoms with van der Waals surface area (Å²) in [7, 11) is -3.98. The molecule has 1 aliphatic heterocycles. The zero-order chi connectivity index (χ0) is 19.3. The standard InChI is InChI=1S/C15H19Cl2N3O5S/c1-2-25-15(22)20-7-5-19(6-8-20)14(21)10-18-26(23,24)13-9-11(16)3-4-12(13)17/h3-4,9,18H,2,5-8,10H2,1H3. The third-order valence-electron chi connectivity index (χ3n) is 3.75. The average Bonchev–Trinajstić information content (AvgIpc) is 2.62. The quantitative estimate of drug-likeness (QED) is 0.774. The lowest BCUT2D eigenvalue weighted by Crippen LogP contribution is -2.52. The summed E-state index contributed by atoms with van der Waals surface area (Å²) in [5, 5.41) is 0.230. The summed E-state index contributed by atoms with van der Waals surface area (Å²) in [5.74, 6) is -0.393. The van der Waals surface area contributed by atoms with Gasteiger partial charge in [0.05, 0.1) is 18.2 Å². The van der Waals surface area contributed by atoms with Crippen molar-refractivity contribution in [2.45, 2.75) is 11.8 Å². The molecule has 0 atom stereocenters. The SMILES string of the molecule is CCOC(=O)N1CCN(C(=O)CNS(=O)(=O)c2cc(Cl)ccc2Cl)CC1. The van der Waals surface area contributed by atoms with Crippen LogP contribution >= 0.6 is 23.2 Å². The number of benzene rings is 1. The zero-order valence-corrected chi connectivity index (χ0v) is 16.4. The van der Waals surface area contributed by atoms with Gasteiger partial charge in [0.25, 0.3) is 0 Å². The van der Waals surface area contributed by atoms with Crippen LogP contribution in [-0.2, 0) is 19.6 Å². The highest BCUT2D eigenvalue weighted by Crippen LogP contribution is 2.24. The van der Waals surface area contributed by atoms with Crippen LogP contribution in [0, 0.1) is 0 Å². The van der Waals surface area contributed by atoms with Crippen LogP contribution in [0.25, 0.3) is 0 Å². The second-order valence-electron chi connectivity index (χ2n) is 5.47. The Balaban J connectivity index is 1.91. The van der Waals surface area contributed by atoms with Crippen molar-refractivity contribution in [1.29, 1.82) is 0 Å². The normalized spacial score (nSPS) is 15.0. The van der Waals surface area contributed by atoms with Gasteiger partial charge in [0.1, 0.15) is 4.90 Å².